The fourth-order valence-electron chi connectivity index (χ4n) is 1.54. The van der Waals surface area contributed by atoms with Gasteiger partial charge in [-0.25, -0.2) is 0 Å². The summed E-state index contributed by atoms with van der Waals surface area (Å²) in [5.74, 6) is 0.343. The number of amides is 1. The summed E-state index contributed by atoms with van der Waals surface area (Å²) in [5, 5.41) is 0. The first-order valence-corrected chi connectivity index (χ1v) is 7.20. The van der Waals surface area contributed by atoms with E-state index in [0.29, 0.717) is 5.91 Å². The average molecular weight is 244 g/mol. The zero-order valence-corrected chi connectivity index (χ0v) is 12.8. The molecule has 104 valence electrons. The second-order valence-corrected chi connectivity index (χ2v) is 3.79. The number of piperazine rings is 1. The highest BCUT2D eigenvalue weighted by Gasteiger charge is 2.17. The number of carbonyl (C=O) groups excluding carboxylic acids is 1. The van der Waals surface area contributed by atoms with Gasteiger partial charge in [-0.2, -0.15) is 0 Å². The largest absolute Gasteiger partial charge is 0.340 e. The Kier molecular flexibility index (Phi) is 14.9. The number of carbonyl (C=O) groups is 1. The van der Waals surface area contributed by atoms with Crippen molar-refractivity contribution in [2.45, 2.75) is 53.9 Å². The van der Waals surface area contributed by atoms with Gasteiger partial charge in [-0.05, 0) is 13.5 Å². The minimum Gasteiger partial charge on any atom is -0.340 e. The Morgan fingerprint density at radius 3 is 1.88 bits per heavy atom. The molecule has 0 saturated carbocycles. The van der Waals surface area contributed by atoms with Crippen LogP contribution in [-0.2, 0) is 4.79 Å². The molecular formula is C14H32N2O. The second kappa shape index (κ2) is 13.5. The molecule has 0 spiro atoms. The van der Waals surface area contributed by atoms with Gasteiger partial charge >= 0.3 is 0 Å². The topological polar surface area (TPSA) is 23.6 Å². The van der Waals surface area contributed by atoms with Crippen molar-refractivity contribution in [2.24, 2.45) is 0 Å². The lowest BCUT2D eigenvalue weighted by Crippen LogP contribution is -2.47. The molecule has 17 heavy (non-hydrogen) atoms. The van der Waals surface area contributed by atoms with Crippen LogP contribution in [0.4, 0.5) is 0 Å². The summed E-state index contributed by atoms with van der Waals surface area (Å²) in [6.45, 7) is 14.0. The first-order valence-electron chi connectivity index (χ1n) is 7.20. The quantitative estimate of drug-likeness (QED) is 0.762. The van der Waals surface area contributed by atoms with Crippen molar-refractivity contribution >= 4 is 5.91 Å². The normalized spacial score (nSPS) is 15.3. The van der Waals surface area contributed by atoms with Gasteiger partial charge in [-0.15, -0.1) is 0 Å². The lowest BCUT2D eigenvalue weighted by molar-refractivity contribution is -0.132. The highest BCUT2D eigenvalue weighted by molar-refractivity contribution is 5.76. The minimum absolute atomic E-state index is 0.343. The zero-order valence-electron chi connectivity index (χ0n) is 12.8. The molecule has 0 aromatic rings. The Balaban J connectivity index is 0. The Morgan fingerprint density at radius 2 is 1.47 bits per heavy atom. The van der Waals surface area contributed by atoms with Crippen LogP contribution in [0.1, 0.15) is 53.9 Å². The number of hydrogen-bond donors (Lipinski definition) is 0. The zero-order chi connectivity index (χ0) is 13.7. The molecule has 1 fully saturated rings. The van der Waals surface area contributed by atoms with E-state index in [1.807, 2.05) is 32.6 Å². The van der Waals surface area contributed by atoms with Crippen LogP contribution in [0.25, 0.3) is 0 Å². The molecule has 0 unspecified atom stereocenters. The first kappa shape index (κ1) is 18.8. The summed E-state index contributed by atoms with van der Waals surface area (Å²) in [6.07, 6.45) is 2.88. The number of hydrogen-bond acceptors (Lipinski definition) is 2. The lowest BCUT2D eigenvalue weighted by atomic mass is 10.2. The van der Waals surface area contributed by atoms with Gasteiger partial charge in [0.25, 0.3) is 0 Å². The van der Waals surface area contributed by atoms with Gasteiger partial charge in [0, 0.05) is 32.6 Å². The molecule has 1 amide bonds. The van der Waals surface area contributed by atoms with E-state index in [4.69, 9.17) is 0 Å². The molecule has 1 aliphatic rings. The van der Waals surface area contributed by atoms with E-state index < -0.39 is 0 Å². The molecule has 3 nitrogen and oxygen atoms in total. The van der Waals surface area contributed by atoms with Crippen molar-refractivity contribution < 1.29 is 4.79 Å². The van der Waals surface area contributed by atoms with Crippen LogP contribution < -0.4 is 0 Å². The third kappa shape index (κ3) is 9.16. The van der Waals surface area contributed by atoms with E-state index in [-0.39, 0.29) is 0 Å². The molecule has 0 aromatic carbocycles. The standard InChI is InChI=1S/C10H20N2O.2C2H6/c1-3-4-5-10(13)12-8-6-11(2)7-9-12;2*1-2/h3-9H2,1-2H3;2*1-2H3. The summed E-state index contributed by atoms with van der Waals surface area (Å²) >= 11 is 0. The van der Waals surface area contributed by atoms with Gasteiger partial charge in [0.2, 0.25) is 5.91 Å². The number of unbranched alkanes of at least 4 members (excludes halogenated alkanes) is 1. The monoisotopic (exact) mass is 244 g/mol. The fourth-order valence-corrected chi connectivity index (χ4v) is 1.54. The van der Waals surface area contributed by atoms with Gasteiger partial charge in [0.1, 0.15) is 0 Å². The van der Waals surface area contributed by atoms with Crippen molar-refractivity contribution in [3.8, 4) is 0 Å². The van der Waals surface area contributed by atoms with Crippen LogP contribution in [0.3, 0.4) is 0 Å². The molecule has 1 saturated heterocycles. The van der Waals surface area contributed by atoms with Gasteiger partial charge in [0.15, 0.2) is 0 Å². The highest BCUT2D eigenvalue weighted by Crippen LogP contribution is 2.04. The van der Waals surface area contributed by atoms with E-state index in [1.165, 1.54) is 0 Å². The molecule has 0 aromatic heterocycles. The Bertz CT molecular complexity index is 164. The maximum Gasteiger partial charge on any atom is 0.222 e. The highest BCUT2D eigenvalue weighted by atomic mass is 16.2. The molecule has 0 aliphatic carbocycles. The lowest BCUT2D eigenvalue weighted by Gasteiger charge is -2.32. The van der Waals surface area contributed by atoms with Gasteiger partial charge in [0.05, 0.1) is 0 Å². The van der Waals surface area contributed by atoms with Crippen LogP contribution in [0.2, 0.25) is 0 Å². The molecule has 1 aliphatic heterocycles. The average Bonchev–Trinajstić information content (AvgIpc) is 2.41. The molecule has 0 radical (unpaired) electrons. The smallest absolute Gasteiger partial charge is 0.222 e. The molecule has 0 N–H and O–H groups in total. The summed E-state index contributed by atoms with van der Waals surface area (Å²) in [7, 11) is 2.11. The van der Waals surface area contributed by atoms with Gasteiger partial charge in [-0.1, -0.05) is 41.0 Å². The molecule has 1 rings (SSSR count). The predicted octanol–water partition coefficient (Wildman–Crippen LogP) is 3.00. The van der Waals surface area contributed by atoms with Crippen LogP contribution in [0.15, 0.2) is 0 Å². The third-order valence-corrected chi connectivity index (χ3v) is 2.60. The predicted molar refractivity (Wildman–Crippen MR) is 76.3 cm³/mol. The Hall–Kier alpha value is -0.570. The van der Waals surface area contributed by atoms with Crippen LogP contribution in [0.5, 0.6) is 0 Å². The van der Waals surface area contributed by atoms with Crippen LogP contribution in [-0.4, -0.2) is 48.9 Å². The van der Waals surface area contributed by atoms with E-state index in [9.17, 15) is 4.79 Å². The SMILES string of the molecule is CC.CC.CCCCC(=O)N1CCN(C)CC1. The summed E-state index contributed by atoms with van der Waals surface area (Å²) in [5.41, 5.74) is 0. The second-order valence-electron chi connectivity index (χ2n) is 3.79. The summed E-state index contributed by atoms with van der Waals surface area (Å²) in [4.78, 5) is 15.8. The minimum atomic E-state index is 0.343. The van der Waals surface area contributed by atoms with Crippen molar-refractivity contribution in [1.29, 1.82) is 0 Å². The third-order valence-electron chi connectivity index (χ3n) is 2.60. The van der Waals surface area contributed by atoms with Gasteiger partial charge < -0.3 is 9.80 Å². The Labute approximate surface area is 108 Å². The van der Waals surface area contributed by atoms with Crippen molar-refractivity contribution in [3.05, 3.63) is 0 Å². The maximum atomic E-state index is 11.6. The van der Waals surface area contributed by atoms with E-state index in [1.54, 1.807) is 0 Å². The molecule has 0 atom stereocenters. The van der Waals surface area contributed by atoms with Crippen molar-refractivity contribution in [3.63, 3.8) is 0 Å². The molecule has 1 heterocycles. The summed E-state index contributed by atoms with van der Waals surface area (Å²) < 4.78 is 0. The van der Waals surface area contributed by atoms with E-state index in [2.05, 4.69) is 18.9 Å². The van der Waals surface area contributed by atoms with E-state index >= 15 is 0 Å². The molecule has 3 heteroatoms. The van der Waals surface area contributed by atoms with Crippen LogP contribution in [0, 0.1) is 0 Å². The molecule has 0 bridgehead atoms. The number of nitrogens with zero attached hydrogens (tertiary/aromatic N) is 2. The first-order chi connectivity index (χ1) is 8.24. The number of likely N-dealkylation sites (N-methyl/N-ethyl adjacent to an activating group) is 1. The van der Waals surface area contributed by atoms with Crippen molar-refractivity contribution in [1.82, 2.24) is 9.80 Å². The van der Waals surface area contributed by atoms with Gasteiger partial charge in [-0.3, -0.25) is 4.79 Å². The summed E-state index contributed by atoms with van der Waals surface area (Å²) in [6, 6.07) is 0. The van der Waals surface area contributed by atoms with Crippen molar-refractivity contribution in [2.75, 3.05) is 33.2 Å². The fraction of sp³-hybridized carbons (Fsp3) is 0.929. The number of rotatable bonds is 3. The maximum absolute atomic E-state index is 11.6. The Morgan fingerprint density at radius 1 is 1.00 bits per heavy atom. The van der Waals surface area contributed by atoms with E-state index in [0.717, 1.165) is 45.4 Å². The van der Waals surface area contributed by atoms with Crippen LogP contribution >= 0.6 is 0 Å². The molecular weight excluding hydrogens is 212 g/mol.